The third kappa shape index (κ3) is 5.67. The average Bonchev–Trinajstić information content (AvgIpc) is 3.08. The monoisotopic (exact) mass is 630 g/mol. The van der Waals surface area contributed by atoms with Gasteiger partial charge in [0.2, 0.25) is 0 Å². The highest BCUT2D eigenvalue weighted by molar-refractivity contribution is 6.11. The van der Waals surface area contributed by atoms with Crippen LogP contribution in [0.25, 0.3) is 11.0 Å². The molecule has 236 valence electrons. The Morgan fingerprint density at radius 1 is 0.787 bits per heavy atom. The summed E-state index contributed by atoms with van der Waals surface area (Å²) in [6, 6.07) is 25.2. The number of para-hydroxylation sites is 2. The van der Waals surface area contributed by atoms with Crippen LogP contribution < -0.4 is 26.7 Å². The van der Waals surface area contributed by atoms with Crippen molar-refractivity contribution in [2.45, 2.75) is 18.9 Å². The minimum atomic E-state index is -0.786. The van der Waals surface area contributed by atoms with Crippen molar-refractivity contribution in [3.8, 4) is 0 Å². The molecule has 47 heavy (non-hydrogen) atoms. The van der Waals surface area contributed by atoms with Gasteiger partial charge >= 0.3 is 11.6 Å². The van der Waals surface area contributed by atoms with E-state index in [1.54, 1.807) is 78.9 Å². The van der Waals surface area contributed by atoms with Gasteiger partial charge in [-0.25, -0.2) is 9.59 Å². The second-order valence-electron chi connectivity index (χ2n) is 11.8. The molecule has 0 saturated carbocycles. The summed E-state index contributed by atoms with van der Waals surface area (Å²) in [7, 11) is 1.26. The van der Waals surface area contributed by atoms with E-state index in [1.165, 1.54) is 13.2 Å². The molecule has 11 heteroatoms. The van der Waals surface area contributed by atoms with Gasteiger partial charge < -0.3 is 29.3 Å². The average molecular weight is 631 g/mol. The smallest absolute Gasteiger partial charge is 0.349 e. The van der Waals surface area contributed by atoms with Crippen LogP contribution in [-0.4, -0.2) is 42.6 Å². The zero-order valence-electron chi connectivity index (χ0n) is 25.4. The van der Waals surface area contributed by atoms with Crippen molar-refractivity contribution in [2.24, 2.45) is 5.92 Å². The van der Waals surface area contributed by atoms with Crippen LogP contribution in [0.15, 0.2) is 105 Å². The van der Waals surface area contributed by atoms with Crippen LogP contribution in [0.2, 0.25) is 0 Å². The van der Waals surface area contributed by atoms with Crippen LogP contribution in [0.5, 0.6) is 0 Å². The van der Waals surface area contributed by atoms with Crippen molar-refractivity contribution in [3.05, 3.63) is 134 Å². The topological polar surface area (TPSA) is 140 Å². The van der Waals surface area contributed by atoms with Gasteiger partial charge in [-0.1, -0.05) is 36.4 Å². The maximum atomic E-state index is 13.7. The number of aromatic nitrogens is 1. The number of benzene rings is 3. The Labute approximate surface area is 268 Å². The summed E-state index contributed by atoms with van der Waals surface area (Å²) in [6.45, 7) is 1.79. The summed E-state index contributed by atoms with van der Waals surface area (Å²) >= 11 is 0. The lowest BCUT2D eigenvalue weighted by molar-refractivity contribution is 0.0601. The Balaban J connectivity index is 1.25. The SMILES string of the molecule is COC(=O)c1ccccc1NC(=O)c1ccc(N2C[C@H]3C[C@@H](C2)c2cccc(=O)n2C3)c(NC(=O)c2cc3ccccc3oc2=O)c1. The third-order valence-electron chi connectivity index (χ3n) is 8.79. The lowest BCUT2D eigenvalue weighted by Gasteiger charge is -2.44. The summed E-state index contributed by atoms with van der Waals surface area (Å²) in [5.74, 6) is -1.52. The molecule has 11 nitrogen and oxygen atoms in total. The van der Waals surface area contributed by atoms with Crippen LogP contribution in [0.4, 0.5) is 17.1 Å². The number of carbonyl (C=O) groups is 3. The summed E-state index contributed by atoms with van der Waals surface area (Å²) in [6.07, 6.45) is 0.930. The Bertz CT molecular complexity index is 2190. The number of ether oxygens (including phenoxy) is 1. The van der Waals surface area contributed by atoms with Gasteiger partial charge in [0, 0.05) is 48.3 Å². The minimum absolute atomic E-state index is 0.0167. The van der Waals surface area contributed by atoms with E-state index < -0.39 is 23.4 Å². The predicted octanol–water partition coefficient (Wildman–Crippen LogP) is 4.87. The van der Waals surface area contributed by atoms with E-state index in [9.17, 15) is 24.0 Å². The Hall–Kier alpha value is -5.97. The maximum absolute atomic E-state index is 13.7. The number of hydrogen-bond acceptors (Lipinski definition) is 8. The highest BCUT2D eigenvalue weighted by Crippen LogP contribution is 2.39. The zero-order valence-corrected chi connectivity index (χ0v) is 25.4. The lowest BCUT2D eigenvalue weighted by Crippen LogP contribution is -2.47. The summed E-state index contributed by atoms with van der Waals surface area (Å²) < 4.78 is 12.1. The number of amides is 2. The molecular formula is C36H30N4O7. The first-order valence-electron chi connectivity index (χ1n) is 15.2. The second kappa shape index (κ2) is 12.1. The molecule has 2 N–H and O–H groups in total. The van der Waals surface area contributed by atoms with E-state index in [0.717, 1.165) is 12.1 Å². The maximum Gasteiger partial charge on any atom is 0.349 e. The van der Waals surface area contributed by atoms with Crippen molar-refractivity contribution in [2.75, 3.05) is 35.7 Å². The molecule has 1 saturated heterocycles. The first-order chi connectivity index (χ1) is 22.8. The molecule has 1 fully saturated rings. The fourth-order valence-electron chi connectivity index (χ4n) is 6.63. The van der Waals surface area contributed by atoms with E-state index >= 15 is 0 Å². The molecule has 2 amide bonds. The number of hydrogen-bond donors (Lipinski definition) is 2. The van der Waals surface area contributed by atoms with Crippen molar-refractivity contribution in [1.82, 2.24) is 4.57 Å². The summed E-state index contributed by atoms with van der Waals surface area (Å²) in [4.78, 5) is 67.0. The lowest BCUT2D eigenvalue weighted by atomic mass is 9.83. The van der Waals surface area contributed by atoms with Gasteiger partial charge in [0.05, 0.1) is 29.7 Å². The van der Waals surface area contributed by atoms with Gasteiger partial charge in [-0.2, -0.15) is 0 Å². The third-order valence-corrected chi connectivity index (χ3v) is 8.79. The summed E-state index contributed by atoms with van der Waals surface area (Å²) in [5, 5.41) is 6.23. The normalized spacial score (nSPS) is 16.7. The molecule has 2 aliphatic rings. The number of methoxy groups -OCH3 is 1. The molecule has 3 aromatic carbocycles. The van der Waals surface area contributed by atoms with Gasteiger partial charge in [0.15, 0.2) is 0 Å². The fraction of sp³-hybridized carbons (Fsp3) is 0.194. The highest BCUT2D eigenvalue weighted by atomic mass is 16.5. The van der Waals surface area contributed by atoms with Crippen LogP contribution in [0.3, 0.4) is 0 Å². The molecule has 2 bridgehead atoms. The number of esters is 1. The molecular weight excluding hydrogens is 600 g/mol. The number of piperidine rings is 1. The van der Waals surface area contributed by atoms with Crippen molar-refractivity contribution in [1.29, 1.82) is 0 Å². The Morgan fingerprint density at radius 3 is 2.43 bits per heavy atom. The predicted molar refractivity (Wildman–Crippen MR) is 176 cm³/mol. The number of rotatable bonds is 6. The van der Waals surface area contributed by atoms with E-state index in [0.29, 0.717) is 42.0 Å². The fourth-order valence-corrected chi connectivity index (χ4v) is 6.63. The minimum Gasteiger partial charge on any atom is -0.465 e. The molecule has 4 heterocycles. The van der Waals surface area contributed by atoms with Crippen LogP contribution in [0, 0.1) is 5.92 Å². The highest BCUT2D eigenvalue weighted by Gasteiger charge is 2.35. The van der Waals surface area contributed by atoms with E-state index in [2.05, 4.69) is 15.5 Å². The van der Waals surface area contributed by atoms with Crippen molar-refractivity contribution in [3.63, 3.8) is 0 Å². The molecule has 5 aromatic rings. The quantitative estimate of drug-likeness (QED) is 0.200. The number of carbonyl (C=O) groups excluding carboxylic acids is 3. The molecule has 0 aliphatic carbocycles. The van der Waals surface area contributed by atoms with Gasteiger partial charge in [-0.15, -0.1) is 0 Å². The van der Waals surface area contributed by atoms with Crippen LogP contribution in [-0.2, 0) is 11.3 Å². The second-order valence-corrected chi connectivity index (χ2v) is 11.8. The van der Waals surface area contributed by atoms with E-state index in [-0.39, 0.29) is 39.8 Å². The van der Waals surface area contributed by atoms with Gasteiger partial charge in [-0.3, -0.25) is 14.4 Å². The molecule has 2 atom stereocenters. The molecule has 2 aliphatic heterocycles. The van der Waals surface area contributed by atoms with Crippen molar-refractivity contribution >= 4 is 45.8 Å². The number of nitrogens with zero attached hydrogens (tertiary/aromatic N) is 2. The number of nitrogens with one attached hydrogen (secondary N) is 2. The molecule has 0 unspecified atom stereocenters. The Kier molecular flexibility index (Phi) is 7.64. The molecule has 0 spiro atoms. The number of fused-ring (bicyclic) bond motifs is 5. The summed E-state index contributed by atoms with van der Waals surface area (Å²) in [5.41, 5.74) is 2.00. The number of pyridine rings is 1. The van der Waals surface area contributed by atoms with Crippen LogP contribution >= 0.6 is 0 Å². The Morgan fingerprint density at radius 2 is 1.57 bits per heavy atom. The zero-order chi connectivity index (χ0) is 32.7. The molecule has 0 radical (unpaired) electrons. The number of anilines is 3. The van der Waals surface area contributed by atoms with Gasteiger partial charge in [-0.05, 0) is 60.9 Å². The van der Waals surface area contributed by atoms with Gasteiger partial charge in [0.25, 0.3) is 17.4 Å². The van der Waals surface area contributed by atoms with Crippen LogP contribution in [0.1, 0.15) is 49.1 Å². The van der Waals surface area contributed by atoms with E-state index in [4.69, 9.17) is 9.15 Å². The van der Waals surface area contributed by atoms with E-state index in [1.807, 2.05) is 10.6 Å². The standard InChI is InChI=1S/C36H30N4O7/c1-46-35(44)25-8-3-4-9-27(25)37-33(42)23-13-14-30(39-18-21-15-24(20-39)29-10-6-12-32(41)40(29)19-21)28(17-23)38-34(43)26-16-22-7-2-5-11-31(22)47-36(26)45/h2-14,16-17,21,24H,15,18-20H2,1H3,(H,37,42)(H,38,43)/t21-,24+/m1/s1. The van der Waals surface area contributed by atoms with Gasteiger partial charge in [0.1, 0.15) is 11.1 Å². The first kappa shape index (κ1) is 29.7. The van der Waals surface area contributed by atoms with Crippen molar-refractivity contribution < 1.29 is 23.5 Å². The molecule has 7 rings (SSSR count). The first-order valence-corrected chi connectivity index (χ1v) is 15.2. The molecule has 2 aromatic heterocycles. The largest absolute Gasteiger partial charge is 0.465 e.